The van der Waals surface area contributed by atoms with Crippen molar-refractivity contribution in [3.63, 3.8) is 0 Å². The zero-order valence-electron chi connectivity index (χ0n) is 53.1. The minimum absolute atomic E-state index is 0.988. The molecule has 0 radical (unpaired) electrons. The number of fused-ring (bicyclic) bond motifs is 18. The van der Waals surface area contributed by atoms with Gasteiger partial charge in [-0.05, 0) is 263 Å². The summed E-state index contributed by atoms with van der Waals surface area (Å²) in [6.45, 7) is 0. The molecule has 15 aromatic carbocycles. The largest absolute Gasteiger partial charge is 0.309 e. The van der Waals surface area contributed by atoms with E-state index in [2.05, 4.69) is 364 Å². The van der Waals surface area contributed by atoms with Gasteiger partial charge in [0.15, 0.2) is 0 Å². The summed E-state index contributed by atoms with van der Waals surface area (Å²) in [5, 5.41) is 13.1. The Labute approximate surface area is 598 Å². The molecule has 0 saturated heterocycles. The van der Waals surface area contributed by atoms with Gasteiger partial charge >= 0.3 is 0 Å². The number of hydrogen-bond acceptors (Lipinski definition) is 0. The molecule has 17 aromatic rings. The fourth-order valence-electron chi connectivity index (χ4n) is 15.9. The van der Waals surface area contributed by atoms with Gasteiger partial charge in [-0.15, -0.1) is 0 Å². The zero-order chi connectivity index (χ0) is 64.8. The lowest BCUT2D eigenvalue weighted by Gasteiger charge is -2.22. The molecule has 0 atom stereocenters. The highest BCUT2D eigenvalue weighted by Crippen LogP contribution is 2.41. The maximum atomic E-state index is 3.63. The highest BCUT2D eigenvalue weighted by Gasteiger charge is 2.23. The van der Waals surface area contributed by atoms with E-state index in [1.54, 1.807) is 0 Å². The van der Waals surface area contributed by atoms with Crippen molar-refractivity contribution in [3.05, 3.63) is 387 Å². The molecule has 0 bridgehead atoms. The maximum Gasteiger partial charge on any atom is 0.0541 e. The van der Waals surface area contributed by atoms with Crippen molar-refractivity contribution in [2.75, 3.05) is 0 Å². The number of halogens is 4. The van der Waals surface area contributed by atoms with Crippen LogP contribution in [0.3, 0.4) is 0 Å². The SMILES string of the molecule is Brc1ccc2c(c1)Cc1cc3ccc(-n4c5ccccc5c5ccccc54)cc3cc1C2.Brc1ccc2c(c1)Cc1cc3ccc(Br)cc3cc1C2.Brc1ccc2cc3c(cc2c1)Cc1ccc(-n2c4ccccc4c4ccccc42)cc1C3.c1ccc2c(c1)Cc1ccccc1-2. The number of rotatable bonds is 2. The lowest BCUT2D eigenvalue weighted by molar-refractivity contribution is 0.997. The topological polar surface area (TPSA) is 9.86 Å². The molecular formula is C91H62Br4N2. The van der Waals surface area contributed by atoms with Crippen LogP contribution in [0.1, 0.15) is 77.9 Å². The van der Waals surface area contributed by atoms with Gasteiger partial charge in [-0.3, -0.25) is 0 Å². The first-order valence-electron chi connectivity index (χ1n) is 33.4. The van der Waals surface area contributed by atoms with Crippen LogP contribution in [0.15, 0.2) is 309 Å². The Bertz CT molecular complexity index is 5920. The van der Waals surface area contributed by atoms with Crippen LogP contribution in [0.4, 0.5) is 0 Å². The van der Waals surface area contributed by atoms with Crippen LogP contribution in [0.5, 0.6) is 0 Å². The number of hydrogen-bond donors (Lipinski definition) is 0. The van der Waals surface area contributed by atoms with E-state index in [9.17, 15) is 0 Å². The molecule has 2 aromatic heterocycles. The number of nitrogens with zero attached hydrogens (tertiary/aromatic N) is 2. The van der Waals surface area contributed by atoms with Crippen LogP contribution in [0.25, 0.3) is 98.4 Å². The average molecular weight is 1500 g/mol. The van der Waals surface area contributed by atoms with Gasteiger partial charge in [0.2, 0.25) is 0 Å². The van der Waals surface area contributed by atoms with E-state index in [0.29, 0.717) is 0 Å². The Morgan fingerprint density at radius 3 is 0.876 bits per heavy atom. The molecule has 2 heterocycles. The van der Waals surface area contributed by atoms with Gasteiger partial charge in [-0.2, -0.15) is 0 Å². The molecule has 0 aliphatic heterocycles. The summed E-state index contributed by atoms with van der Waals surface area (Å²) in [6, 6.07) is 107. The quantitative estimate of drug-likeness (QED) is 0.163. The van der Waals surface area contributed by atoms with Gasteiger partial charge < -0.3 is 9.13 Å². The Hall–Kier alpha value is -9.40. The molecule has 21 rings (SSSR count). The second-order valence-electron chi connectivity index (χ2n) is 26.4. The molecule has 0 saturated carbocycles. The van der Waals surface area contributed by atoms with Gasteiger partial charge in [0.25, 0.3) is 0 Å². The second kappa shape index (κ2) is 24.9. The van der Waals surface area contributed by atoms with Crippen molar-refractivity contribution in [2.45, 2.75) is 44.9 Å². The summed E-state index contributed by atoms with van der Waals surface area (Å²) in [6.07, 6.45) is 7.19. The predicted molar refractivity (Wildman–Crippen MR) is 422 cm³/mol. The summed E-state index contributed by atoms with van der Waals surface area (Å²) in [4.78, 5) is 0. The van der Waals surface area contributed by atoms with Crippen LogP contribution in [0.2, 0.25) is 0 Å². The first kappa shape index (κ1) is 60.0. The minimum Gasteiger partial charge on any atom is -0.309 e. The van der Waals surface area contributed by atoms with E-state index in [4.69, 9.17) is 0 Å². The highest BCUT2D eigenvalue weighted by molar-refractivity contribution is 9.11. The first-order valence-corrected chi connectivity index (χ1v) is 36.6. The van der Waals surface area contributed by atoms with Crippen LogP contribution in [-0.2, 0) is 44.9 Å². The van der Waals surface area contributed by atoms with Gasteiger partial charge in [0.05, 0.1) is 22.1 Å². The van der Waals surface area contributed by atoms with Gasteiger partial charge in [-0.1, -0.05) is 258 Å². The molecule has 4 aliphatic rings. The summed E-state index contributed by atoms with van der Waals surface area (Å²) < 4.78 is 9.43. The summed E-state index contributed by atoms with van der Waals surface area (Å²) >= 11 is 14.4. The van der Waals surface area contributed by atoms with E-state index >= 15 is 0 Å². The van der Waals surface area contributed by atoms with Crippen LogP contribution in [0, 0.1) is 0 Å². The Morgan fingerprint density at radius 1 is 0.186 bits per heavy atom. The van der Waals surface area contributed by atoms with E-state index in [-0.39, 0.29) is 0 Å². The maximum absolute atomic E-state index is 3.63. The first-order chi connectivity index (χ1) is 47.6. The van der Waals surface area contributed by atoms with Crippen LogP contribution >= 0.6 is 63.7 Å². The van der Waals surface area contributed by atoms with Crippen LogP contribution < -0.4 is 0 Å². The highest BCUT2D eigenvalue weighted by atomic mass is 79.9. The van der Waals surface area contributed by atoms with Crippen molar-refractivity contribution in [3.8, 4) is 22.5 Å². The molecule has 4 aliphatic carbocycles. The van der Waals surface area contributed by atoms with Crippen LogP contribution in [-0.4, -0.2) is 9.13 Å². The molecule has 464 valence electrons. The average Bonchev–Trinajstić information content (AvgIpc) is 0.827. The second-order valence-corrected chi connectivity index (χ2v) is 30.1. The standard InChI is InChI=1S/2C30H20BrN.C18H12Br2.C13H10/c2*31-25-11-9-19-13-22-16-24-18-26(12-10-20(24)14-21(22)15-23(19)17-25)32-29-7-3-1-5-27(29)28-6-2-4-8-30(28)32;19-17-3-1-11-5-13-8-16-10-18(20)4-2-12(16)6-14(13)7-15(11)9-17;1-3-7-12-10(5-1)9-11-6-2-4-8-13(11)12/h1-12,14,16-18H,13,15H2;1-13,15,17-18H,14,16H2;1-5,7,9-10H,6,8H2;1-8H,9H2. The lowest BCUT2D eigenvalue weighted by Crippen LogP contribution is -2.08. The van der Waals surface area contributed by atoms with Crippen molar-refractivity contribution in [2.24, 2.45) is 0 Å². The normalized spacial score (nSPS) is 12.9. The summed E-state index contributed by atoms with van der Waals surface area (Å²) in [7, 11) is 0. The van der Waals surface area contributed by atoms with E-state index < -0.39 is 0 Å². The zero-order valence-corrected chi connectivity index (χ0v) is 59.4. The predicted octanol–water partition coefficient (Wildman–Crippen LogP) is 25.5. The Morgan fingerprint density at radius 2 is 0.454 bits per heavy atom. The third-order valence-electron chi connectivity index (χ3n) is 20.6. The van der Waals surface area contributed by atoms with E-state index in [0.717, 1.165) is 58.4 Å². The lowest BCUT2D eigenvalue weighted by atomic mass is 9.84. The molecule has 0 unspecified atom stereocenters. The molecular weight excluding hydrogens is 1440 g/mol. The fourth-order valence-corrected chi connectivity index (χ4v) is 17.5. The third-order valence-corrected chi connectivity index (χ3v) is 22.6. The summed E-state index contributed by atoms with van der Waals surface area (Å²) in [5.74, 6) is 0. The summed E-state index contributed by atoms with van der Waals surface area (Å²) in [5.41, 5.74) is 30.6. The molecule has 0 N–H and O–H groups in total. The number of benzene rings is 15. The van der Waals surface area contributed by atoms with Gasteiger partial charge in [0.1, 0.15) is 0 Å². The van der Waals surface area contributed by atoms with Gasteiger partial charge in [-0.25, -0.2) is 0 Å². The number of para-hydroxylation sites is 4. The number of aromatic nitrogens is 2. The molecule has 2 nitrogen and oxygen atoms in total. The Kier molecular flexibility index (Phi) is 15.4. The monoisotopic (exact) mass is 1500 g/mol. The fraction of sp³-hybridized carbons (Fsp3) is 0.0769. The molecule has 97 heavy (non-hydrogen) atoms. The van der Waals surface area contributed by atoms with Gasteiger partial charge in [0, 0.05) is 50.8 Å². The molecule has 6 heteroatoms. The third kappa shape index (κ3) is 11.3. The molecule has 0 amide bonds. The van der Waals surface area contributed by atoms with Crippen molar-refractivity contribution in [1.82, 2.24) is 9.13 Å². The van der Waals surface area contributed by atoms with Crippen molar-refractivity contribution < 1.29 is 0 Å². The minimum atomic E-state index is 0.988. The Balaban J connectivity index is 0.0000000988. The van der Waals surface area contributed by atoms with E-state index in [1.807, 2.05) is 0 Å². The van der Waals surface area contributed by atoms with Crippen molar-refractivity contribution >= 4 is 140 Å². The van der Waals surface area contributed by atoms with E-state index in [1.165, 1.54) is 181 Å². The molecule has 0 spiro atoms. The smallest absolute Gasteiger partial charge is 0.0541 e. The molecule has 0 fully saturated rings. The van der Waals surface area contributed by atoms with Crippen molar-refractivity contribution in [1.29, 1.82) is 0 Å².